The van der Waals surface area contributed by atoms with Crippen LogP contribution in [0.2, 0.25) is 5.02 Å². The zero-order valence-corrected chi connectivity index (χ0v) is 19.2. The van der Waals surface area contributed by atoms with Crippen LogP contribution < -0.4 is 5.32 Å². The van der Waals surface area contributed by atoms with E-state index in [0.29, 0.717) is 22.5 Å². The van der Waals surface area contributed by atoms with Crippen LogP contribution in [0.4, 0.5) is 24.8 Å². The Morgan fingerprint density at radius 2 is 2.00 bits per heavy atom. The van der Waals surface area contributed by atoms with Gasteiger partial charge in [-0.25, -0.2) is 27.6 Å². The number of aromatic nitrogens is 5. The van der Waals surface area contributed by atoms with Gasteiger partial charge in [0, 0.05) is 41.1 Å². The molecule has 1 N–H and O–H groups in total. The van der Waals surface area contributed by atoms with Crippen LogP contribution in [0, 0.1) is 12.7 Å². The van der Waals surface area contributed by atoms with Crippen molar-refractivity contribution < 1.29 is 22.7 Å². The molecule has 0 aliphatic carbocycles. The third kappa shape index (κ3) is 5.24. The van der Waals surface area contributed by atoms with Crippen molar-refractivity contribution in [1.82, 2.24) is 24.7 Å². The summed E-state index contributed by atoms with van der Waals surface area (Å²) in [5.41, 5.74) is 1.39. The fourth-order valence-corrected chi connectivity index (χ4v) is 3.41. The Bertz CT molecular complexity index is 1400. The third-order valence-corrected chi connectivity index (χ3v) is 5.12. The average Bonchev–Trinajstić information content (AvgIpc) is 3.23. The minimum Gasteiger partial charge on any atom is -0.462 e. The molecule has 4 aromatic rings. The second kappa shape index (κ2) is 10.1. The molecule has 0 unspecified atom stereocenters. The maximum Gasteiger partial charge on any atom is 0.339 e. The number of nitrogens with zero attached hydrogens (tertiary/aromatic N) is 5. The normalized spacial score (nSPS) is 11.1. The standard InChI is InChI=1S/C23H18ClF3N6O2/c1-3-35-22(34)14-7-13(9-28-10-14)16-11-29-23(30-15-4-5-18(25)17(24)8-15)31-21(16)33-12(2)6-19(32-33)20(26)27/h4-11,20H,3H2,1-2H3,(H,29,30,31). The molecule has 35 heavy (non-hydrogen) atoms. The van der Waals surface area contributed by atoms with E-state index in [2.05, 4.69) is 25.4 Å². The molecule has 0 amide bonds. The van der Waals surface area contributed by atoms with Gasteiger partial charge in [0.25, 0.3) is 6.43 Å². The summed E-state index contributed by atoms with van der Waals surface area (Å²) < 4.78 is 46.4. The van der Waals surface area contributed by atoms with Gasteiger partial charge in [-0.3, -0.25) is 4.98 Å². The van der Waals surface area contributed by atoms with Gasteiger partial charge in [0.15, 0.2) is 5.82 Å². The molecule has 0 saturated carbocycles. The molecule has 8 nitrogen and oxygen atoms in total. The molecule has 0 aliphatic rings. The summed E-state index contributed by atoms with van der Waals surface area (Å²) in [5.74, 6) is -0.918. The number of nitrogens with one attached hydrogen (secondary N) is 1. The molecule has 0 atom stereocenters. The summed E-state index contributed by atoms with van der Waals surface area (Å²) >= 11 is 5.84. The van der Waals surface area contributed by atoms with E-state index in [1.807, 2.05) is 0 Å². The Hall–Kier alpha value is -3.99. The van der Waals surface area contributed by atoms with Crippen LogP contribution in [-0.4, -0.2) is 37.3 Å². The van der Waals surface area contributed by atoms with Gasteiger partial charge in [-0.15, -0.1) is 0 Å². The van der Waals surface area contributed by atoms with Crippen LogP contribution in [0.25, 0.3) is 16.9 Å². The fraction of sp³-hybridized carbons (Fsp3) is 0.174. The van der Waals surface area contributed by atoms with E-state index in [1.54, 1.807) is 13.8 Å². The Morgan fingerprint density at radius 3 is 2.69 bits per heavy atom. The van der Waals surface area contributed by atoms with E-state index in [0.717, 1.165) is 0 Å². The number of hydrogen-bond donors (Lipinski definition) is 1. The van der Waals surface area contributed by atoms with Crippen molar-refractivity contribution >= 4 is 29.2 Å². The highest BCUT2D eigenvalue weighted by molar-refractivity contribution is 6.31. The molecular formula is C23H18ClF3N6O2. The van der Waals surface area contributed by atoms with E-state index in [1.165, 1.54) is 53.6 Å². The van der Waals surface area contributed by atoms with Gasteiger partial charge in [0.1, 0.15) is 11.5 Å². The van der Waals surface area contributed by atoms with Crippen LogP contribution >= 0.6 is 11.6 Å². The molecule has 12 heteroatoms. The highest BCUT2D eigenvalue weighted by atomic mass is 35.5. The molecule has 0 fully saturated rings. The molecular weight excluding hydrogens is 485 g/mol. The highest BCUT2D eigenvalue weighted by Gasteiger charge is 2.20. The zero-order valence-electron chi connectivity index (χ0n) is 18.5. The summed E-state index contributed by atoms with van der Waals surface area (Å²) in [7, 11) is 0. The Kier molecular flexibility index (Phi) is 6.97. The Balaban J connectivity index is 1.83. The number of ether oxygens (including phenoxy) is 1. The van der Waals surface area contributed by atoms with Crippen molar-refractivity contribution in [3.8, 4) is 16.9 Å². The van der Waals surface area contributed by atoms with Gasteiger partial charge >= 0.3 is 5.97 Å². The van der Waals surface area contributed by atoms with Crippen molar-refractivity contribution in [3.63, 3.8) is 0 Å². The summed E-state index contributed by atoms with van der Waals surface area (Å²) in [6.07, 6.45) is 1.48. The quantitative estimate of drug-likeness (QED) is 0.325. The van der Waals surface area contributed by atoms with Gasteiger partial charge in [-0.2, -0.15) is 10.1 Å². The van der Waals surface area contributed by atoms with Crippen molar-refractivity contribution in [2.45, 2.75) is 20.3 Å². The first-order valence-corrected chi connectivity index (χ1v) is 10.7. The Labute approximate surface area is 202 Å². The van der Waals surface area contributed by atoms with Crippen molar-refractivity contribution in [3.05, 3.63) is 76.7 Å². The van der Waals surface area contributed by atoms with E-state index < -0.39 is 23.9 Å². The number of alkyl halides is 2. The topological polar surface area (TPSA) is 94.8 Å². The van der Waals surface area contributed by atoms with Gasteiger partial charge in [0.05, 0.1) is 17.2 Å². The van der Waals surface area contributed by atoms with Gasteiger partial charge < -0.3 is 10.1 Å². The average molecular weight is 503 g/mol. The monoisotopic (exact) mass is 502 g/mol. The third-order valence-electron chi connectivity index (χ3n) is 4.84. The molecule has 180 valence electrons. The second-order valence-electron chi connectivity index (χ2n) is 7.29. The minimum atomic E-state index is -2.78. The Morgan fingerprint density at radius 1 is 1.20 bits per heavy atom. The first-order valence-electron chi connectivity index (χ1n) is 10.3. The molecule has 0 saturated heterocycles. The summed E-state index contributed by atoms with van der Waals surface area (Å²) in [6, 6.07) is 6.76. The van der Waals surface area contributed by atoms with E-state index in [4.69, 9.17) is 16.3 Å². The predicted octanol–water partition coefficient (Wildman–Crippen LogP) is 5.68. The van der Waals surface area contributed by atoms with Gasteiger partial charge in [-0.05, 0) is 44.2 Å². The number of pyridine rings is 1. The zero-order chi connectivity index (χ0) is 25.1. The van der Waals surface area contributed by atoms with Crippen LogP contribution in [0.5, 0.6) is 0 Å². The SMILES string of the molecule is CCOC(=O)c1cncc(-c2cnc(Nc3ccc(F)c(Cl)c3)nc2-n2nc(C(F)F)cc2C)c1. The number of carbonyl (C=O) groups excluding carboxylic acids is 1. The molecule has 0 spiro atoms. The maximum absolute atomic E-state index is 13.5. The van der Waals surface area contributed by atoms with E-state index >= 15 is 0 Å². The fourth-order valence-electron chi connectivity index (χ4n) is 3.23. The summed E-state index contributed by atoms with van der Waals surface area (Å²) in [6.45, 7) is 3.47. The summed E-state index contributed by atoms with van der Waals surface area (Å²) in [4.78, 5) is 25.0. The first kappa shape index (κ1) is 24.1. The summed E-state index contributed by atoms with van der Waals surface area (Å²) in [5, 5.41) is 6.80. The van der Waals surface area contributed by atoms with Crippen molar-refractivity contribution in [1.29, 1.82) is 0 Å². The molecule has 0 aliphatic heterocycles. The largest absolute Gasteiger partial charge is 0.462 e. The number of carbonyl (C=O) groups is 1. The minimum absolute atomic E-state index is 0.0782. The number of aryl methyl sites for hydroxylation is 1. The van der Waals surface area contributed by atoms with Crippen LogP contribution in [0.3, 0.4) is 0 Å². The number of hydrogen-bond acceptors (Lipinski definition) is 7. The number of rotatable bonds is 7. The van der Waals surface area contributed by atoms with Crippen molar-refractivity contribution in [2.24, 2.45) is 0 Å². The number of halogens is 4. The van der Waals surface area contributed by atoms with E-state index in [-0.39, 0.29) is 29.0 Å². The predicted molar refractivity (Wildman–Crippen MR) is 123 cm³/mol. The van der Waals surface area contributed by atoms with Gasteiger partial charge in [-0.1, -0.05) is 11.6 Å². The molecule has 1 aromatic carbocycles. The lowest BCUT2D eigenvalue weighted by atomic mass is 10.1. The maximum atomic E-state index is 13.5. The molecule has 0 radical (unpaired) electrons. The van der Waals surface area contributed by atoms with Crippen LogP contribution in [-0.2, 0) is 4.74 Å². The molecule has 4 rings (SSSR count). The van der Waals surface area contributed by atoms with Crippen LogP contribution in [0.1, 0.15) is 35.1 Å². The molecule has 3 aromatic heterocycles. The molecule has 0 bridgehead atoms. The van der Waals surface area contributed by atoms with E-state index in [9.17, 15) is 18.0 Å². The van der Waals surface area contributed by atoms with Gasteiger partial charge in [0.2, 0.25) is 5.95 Å². The van der Waals surface area contributed by atoms with Crippen LogP contribution in [0.15, 0.2) is 48.9 Å². The first-order chi connectivity index (χ1) is 16.8. The number of benzene rings is 1. The van der Waals surface area contributed by atoms with Crippen molar-refractivity contribution in [2.75, 3.05) is 11.9 Å². The molecule has 3 heterocycles. The lowest BCUT2D eigenvalue weighted by molar-refractivity contribution is 0.0526. The highest BCUT2D eigenvalue weighted by Crippen LogP contribution is 2.29. The number of anilines is 2. The second-order valence-corrected chi connectivity index (χ2v) is 7.70. The lowest BCUT2D eigenvalue weighted by Crippen LogP contribution is -2.09. The lowest BCUT2D eigenvalue weighted by Gasteiger charge is -2.13. The smallest absolute Gasteiger partial charge is 0.339 e. The number of esters is 1.